The van der Waals surface area contributed by atoms with Crippen LogP contribution in [0.3, 0.4) is 0 Å². The number of carbonyl (C=O) groups is 2. The van der Waals surface area contributed by atoms with E-state index in [-0.39, 0.29) is 25.4 Å². The van der Waals surface area contributed by atoms with E-state index in [9.17, 15) is 22.8 Å². The standard InChI is InChI=1S/C18H24F3N3O2/c1-17(2)14(18(19,20)21)8-9-24(17)11-15(25)22-13-7-5-6-12(10-13)16(26)23(3)4/h5-7,10,14H,8-9,11H2,1-4H3,(H,22,25). The van der Waals surface area contributed by atoms with E-state index in [4.69, 9.17) is 0 Å². The molecule has 0 saturated carbocycles. The molecule has 1 fully saturated rings. The molecular formula is C18H24F3N3O2. The highest BCUT2D eigenvalue weighted by Gasteiger charge is 2.54. The van der Waals surface area contributed by atoms with Crippen molar-refractivity contribution in [2.24, 2.45) is 5.92 Å². The van der Waals surface area contributed by atoms with E-state index in [0.29, 0.717) is 11.3 Å². The lowest BCUT2D eigenvalue weighted by atomic mass is 9.88. The first kappa shape index (κ1) is 20.2. The van der Waals surface area contributed by atoms with E-state index in [1.165, 1.54) is 18.7 Å². The van der Waals surface area contributed by atoms with E-state index in [0.717, 1.165) is 0 Å². The summed E-state index contributed by atoms with van der Waals surface area (Å²) in [4.78, 5) is 27.2. The van der Waals surface area contributed by atoms with Crippen LogP contribution in [0.2, 0.25) is 0 Å². The summed E-state index contributed by atoms with van der Waals surface area (Å²) < 4.78 is 39.4. The lowest BCUT2D eigenvalue weighted by Crippen LogP contribution is -2.49. The van der Waals surface area contributed by atoms with Gasteiger partial charge in [0, 0.05) is 30.9 Å². The summed E-state index contributed by atoms with van der Waals surface area (Å²) in [6.07, 6.45) is -4.30. The van der Waals surface area contributed by atoms with Gasteiger partial charge in [-0.2, -0.15) is 13.2 Å². The first-order valence-electron chi connectivity index (χ1n) is 8.36. The van der Waals surface area contributed by atoms with Crippen LogP contribution in [0.25, 0.3) is 0 Å². The van der Waals surface area contributed by atoms with Crippen molar-refractivity contribution in [2.45, 2.75) is 32.0 Å². The highest BCUT2D eigenvalue weighted by molar-refractivity contribution is 5.97. The maximum absolute atomic E-state index is 13.1. The normalized spacial score (nSPS) is 20.0. The summed E-state index contributed by atoms with van der Waals surface area (Å²) in [6, 6.07) is 6.47. The Morgan fingerprint density at radius 2 is 1.96 bits per heavy atom. The van der Waals surface area contributed by atoms with E-state index < -0.39 is 23.5 Å². The molecule has 0 bridgehead atoms. The molecule has 1 atom stereocenters. The van der Waals surface area contributed by atoms with Crippen molar-refractivity contribution in [3.8, 4) is 0 Å². The zero-order valence-corrected chi connectivity index (χ0v) is 15.4. The number of nitrogens with zero attached hydrogens (tertiary/aromatic N) is 2. The molecule has 1 aliphatic rings. The van der Waals surface area contributed by atoms with Gasteiger partial charge in [0.05, 0.1) is 12.5 Å². The average molecular weight is 371 g/mol. The zero-order chi connectivity index (χ0) is 19.7. The predicted octanol–water partition coefficient (Wildman–Crippen LogP) is 2.99. The molecule has 1 N–H and O–H groups in total. The van der Waals surface area contributed by atoms with Crippen molar-refractivity contribution in [3.05, 3.63) is 29.8 Å². The van der Waals surface area contributed by atoms with Gasteiger partial charge in [-0.1, -0.05) is 6.07 Å². The molecule has 1 unspecified atom stereocenters. The Morgan fingerprint density at radius 3 is 2.50 bits per heavy atom. The number of hydrogen-bond acceptors (Lipinski definition) is 3. The minimum absolute atomic E-state index is 0.0173. The summed E-state index contributed by atoms with van der Waals surface area (Å²) in [5.74, 6) is -2.06. The quantitative estimate of drug-likeness (QED) is 0.885. The number of benzene rings is 1. The number of rotatable bonds is 4. The number of carbonyl (C=O) groups excluding carboxylic acids is 2. The molecule has 26 heavy (non-hydrogen) atoms. The number of likely N-dealkylation sites (tertiary alicyclic amines) is 1. The van der Waals surface area contributed by atoms with Gasteiger partial charge in [0.25, 0.3) is 5.91 Å². The molecule has 2 amide bonds. The van der Waals surface area contributed by atoms with Crippen LogP contribution in [0.4, 0.5) is 18.9 Å². The molecule has 0 aliphatic carbocycles. The molecule has 1 heterocycles. The number of hydrogen-bond donors (Lipinski definition) is 1. The van der Waals surface area contributed by atoms with Crippen LogP contribution >= 0.6 is 0 Å². The van der Waals surface area contributed by atoms with E-state index >= 15 is 0 Å². The van der Waals surface area contributed by atoms with E-state index in [1.807, 2.05) is 0 Å². The van der Waals surface area contributed by atoms with E-state index in [1.54, 1.807) is 43.3 Å². The molecule has 0 radical (unpaired) electrons. The Kier molecular flexibility index (Phi) is 5.65. The highest BCUT2D eigenvalue weighted by Crippen LogP contribution is 2.44. The molecule has 2 rings (SSSR count). The second-order valence-corrected chi connectivity index (χ2v) is 7.29. The fraction of sp³-hybridized carbons (Fsp3) is 0.556. The smallest absolute Gasteiger partial charge is 0.345 e. The third kappa shape index (κ3) is 4.35. The van der Waals surface area contributed by atoms with Gasteiger partial charge in [-0.25, -0.2) is 0 Å². The van der Waals surface area contributed by atoms with E-state index in [2.05, 4.69) is 5.32 Å². The van der Waals surface area contributed by atoms with Crippen LogP contribution in [-0.4, -0.2) is 60.5 Å². The average Bonchev–Trinajstić information content (AvgIpc) is 2.81. The Morgan fingerprint density at radius 1 is 1.31 bits per heavy atom. The Labute approximate surface area is 151 Å². The fourth-order valence-electron chi connectivity index (χ4n) is 3.36. The molecule has 1 saturated heterocycles. The molecular weight excluding hydrogens is 347 g/mol. The second kappa shape index (κ2) is 7.26. The minimum atomic E-state index is -4.28. The SMILES string of the molecule is CN(C)C(=O)c1cccc(NC(=O)CN2CCC(C(F)(F)F)C2(C)C)c1. The summed E-state index contributed by atoms with van der Waals surface area (Å²) in [7, 11) is 3.25. The number of amides is 2. The van der Waals surface area contributed by atoms with Gasteiger partial charge in [-0.15, -0.1) is 0 Å². The lowest BCUT2D eigenvalue weighted by molar-refractivity contribution is -0.191. The number of anilines is 1. The molecule has 144 valence electrons. The number of alkyl halides is 3. The van der Waals surface area contributed by atoms with Crippen LogP contribution in [-0.2, 0) is 4.79 Å². The van der Waals surface area contributed by atoms with Crippen LogP contribution in [0.1, 0.15) is 30.6 Å². The Bertz CT molecular complexity index is 687. The van der Waals surface area contributed by atoms with Crippen molar-refractivity contribution in [2.75, 3.05) is 32.5 Å². The molecule has 8 heteroatoms. The van der Waals surface area contributed by atoms with Crippen molar-refractivity contribution in [1.82, 2.24) is 9.80 Å². The van der Waals surface area contributed by atoms with Crippen LogP contribution < -0.4 is 5.32 Å². The minimum Gasteiger partial charge on any atom is -0.345 e. The topological polar surface area (TPSA) is 52.7 Å². The van der Waals surface area contributed by atoms with Crippen molar-refractivity contribution >= 4 is 17.5 Å². The first-order chi connectivity index (χ1) is 11.9. The highest BCUT2D eigenvalue weighted by atomic mass is 19.4. The number of nitrogens with one attached hydrogen (secondary N) is 1. The van der Waals surface area contributed by atoms with Crippen LogP contribution in [0.15, 0.2) is 24.3 Å². The van der Waals surface area contributed by atoms with Gasteiger partial charge in [0.15, 0.2) is 0 Å². The van der Waals surface area contributed by atoms with Gasteiger partial charge in [0.1, 0.15) is 0 Å². The molecule has 1 aliphatic heterocycles. The Balaban J connectivity index is 2.04. The van der Waals surface area contributed by atoms with Crippen LogP contribution in [0.5, 0.6) is 0 Å². The molecule has 1 aromatic carbocycles. The Hall–Kier alpha value is -2.09. The van der Waals surface area contributed by atoms with Gasteiger partial charge in [-0.05, 0) is 45.0 Å². The predicted molar refractivity (Wildman–Crippen MR) is 92.9 cm³/mol. The number of halogens is 3. The lowest BCUT2D eigenvalue weighted by Gasteiger charge is -2.36. The maximum atomic E-state index is 13.1. The summed E-state index contributed by atoms with van der Waals surface area (Å²) >= 11 is 0. The molecule has 1 aromatic rings. The van der Waals surface area contributed by atoms with Gasteiger partial charge in [-0.3, -0.25) is 14.5 Å². The van der Waals surface area contributed by atoms with Crippen molar-refractivity contribution < 1.29 is 22.8 Å². The first-order valence-corrected chi connectivity index (χ1v) is 8.36. The molecule has 0 aromatic heterocycles. The fourth-order valence-corrected chi connectivity index (χ4v) is 3.36. The largest absolute Gasteiger partial charge is 0.393 e. The zero-order valence-electron chi connectivity index (χ0n) is 15.4. The third-order valence-corrected chi connectivity index (χ3v) is 4.88. The van der Waals surface area contributed by atoms with Gasteiger partial charge >= 0.3 is 6.18 Å². The van der Waals surface area contributed by atoms with Crippen molar-refractivity contribution in [1.29, 1.82) is 0 Å². The summed E-state index contributed by atoms with van der Waals surface area (Å²) in [5.41, 5.74) is -0.281. The van der Waals surface area contributed by atoms with Gasteiger partial charge < -0.3 is 10.2 Å². The second-order valence-electron chi connectivity index (χ2n) is 7.29. The monoisotopic (exact) mass is 371 g/mol. The summed E-state index contributed by atoms with van der Waals surface area (Å²) in [6.45, 7) is 3.11. The summed E-state index contributed by atoms with van der Waals surface area (Å²) in [5, 5.41) is 2.66. The van der Waals surface area contributed by atoms with Crippen LogP contribution in [0, 0.1) is 5.92 Å². The van der Waals surface area contributed by atoms with Crippen molar-refractivity contribution in [3.63, 3.8) is 0 Å². The molecule has 5 nitrogen and oxygen atoms in total. The molecule has 0 spiro atoms. The maximum Gasteiger partial charge on any atom is 0.393 e. The van der Waals surface area contributed by atoms with Gasteiger partial charge in [0.2, 0.25) is 5.91 Å². The third-order valence-electron chi connectivity index (χ3n) is 4.88.